The second kappa shape index (κ2) is 5.43. The van der Waals surface area contributed by atoms with Crippen LogP contribution in [0.2, 0.25) is 0 Å². The first-order chi connectivity index (χ1) is 9.17. The van der Waals surface area contributed by atoms with Crippen LogP contribution < -0.4 is 11.4 Å². The van der Waals surface area contributed by atoms with Crippen LogP contribution in [0.3, 0.4) is 0 Å². The highest BCUT2D eigenvalue weighted by Gasteiger charge is 2.04. The zero-order chi connectivity index (χ0) is 13.8. The van der Waals surface area contributed by atoms with Gasteiger partial charge in [-0.3, -0.25) is 18.3 Å². The van der Waals surface area contributed by atoms with E-state index in [0.29, 0.717) is 0 Å². The minimum absolute atomic E-state index is 0.177. The lowest BCUT2D eigenvalue weighted by Crippen LogP contribution is -2.29. The third-order valence-electron chi connectivity index (χ3n) is 2.67. The van der Waals surface area contributed by atoms with Gasteiger partial charge < -0.3 is 0 Å². The SMILES string of the molecule is C/C=C/n1ccn(Cn2ccn(/C=C/C)c2=O)c1=O. The van der Waals surface area contributed by atoms with E-state index in [4.69, 9.17) is 0 Å². The van der Waals surface area contributed by atoms with Crippen molar-refractivity contribution in [2.75, 3.05) is 0 Å². The standard InChI is InChI=1S/C13H16N4O2/c1-3-5-14-7-9-16(12(14)18)11-17-10-8-15(6-4-2)13(17)19/h3-10H,11H2,1-2H3/b5-3+,6-4+. The fourth-order valence-corrected chi connectivity index (χ4v) is 1.78. The fraction of sp³-hybridized carbons (Fsp3) is 0.231. The van der Waals surface area contributed by atoms with E-state index in [-0.39, 0.29) is 18.0 Å². The quantitative estimate of drug-likeness (QED) is 0.826. The molecule has 0 atom stereocenters. The van der Waals surface area contributed by atoms with Crippen LogP contribution in [0.15, 0.2) is 46.5 Å². The van der Waals surface area contributed by atoms with E-state index in [2.05, 4.69) is 0 Å². The van der Waals surface area contributed by atoms with Crippen LogP contribution in [0.25, 0.3) is 12.4 Å². The minimum atomic E-state index is -0.177. The molecule has 0 amide bonds. The number of hydrogen-bond donors (Lipinski definition) is 0. The lowest BCUT2D eigenvalue weighted by atomic mass is 10.7. The molecule has 6 heteroatoms. The summed E-state index contributed by atoms with van der Waals surface area (Å²) in [4.78, 5) is 23.9. The summed E-state index contributed by atoms with van der Waals surface area (Å²) in [6.07, 6.45) is 13.5. The summed E-state index contributed by atoms with van der Waals surface area (Å²) in [7, 11) is 0. The topological polar surface area (TPSA) is 53.9 Å². The zero-order valence-corrected chi connectivity index (χ0v) is 10.9. The number of allylic oxidation sites excluding steroid dienone is 2. The van der Waals surface area contributed by atoms with Crippen molar-refractivity contribution in [3.8, 4) is 0 Å². The highest BCUT2D eigenvalue weighted by Crippen LogP contribution is 1.91. The van der Waals surface area contributed by atoms with Crippen molar-refractivity contribution in [2.24, 2.45) is 0 Å². The molecular weight excluding hydrogens is 244 g/mol. The third-order valence-corrected chi connectivity index (χ3v) is 2.67. The van der Waals surface area contributed by atoms with Crippen molar-refractivity contribution in [1.82, 2.24) is 18.3 Å². The molecule has 0 spiro atoms. The first kappa shape index (κ1) is 12.9. The molecule has 0 unspecified atom stereocenters. The van der Waals surface area contributed by atoms with Gasteiger partial charge in [0.1, 0.15) is 6.67 Å². The Morgan fingerprint density at radius 1 is 0.842 bits per heavy atom. The maximum absolute atomic E-state index is 11.9. The molecule has 0 aliphatic carbocycles. The van der Waals surface area contributed by atoms with Crippen molar-refractivity contribution < 1.29 is 0 Å². The van der Waals surface area contributed by atoms with Gasteiger partial charge in [0, 0.05) is 37.2 Å². The third kappa shape index (κ3) is 2.52. The number of imidazole rings is 2. The van der Waals surface area contributed by atoms with E-state index >= 15 is 0 Å². The number of aromatic nitrogens is 4. The second-order valence-corrected chi connectivity index (χ2v) is 4.02. The molecule has 0 radical (unpaired) electrons. The molecule has 0 aliphatic rings. The first-order valence-electron chi connectivity index (χ1n) is 5.97. The number of nitrogens with zero attached hydrogens (tertiary/aromatic N) is 4. The summed E-state index contributed by atoms with van der Waals surface area (Å²) >= 11 is 0. The number of hydrogen-bond acceptors (Lipinski definition) is 2. The first-order valence-corrected chi connectivity index (χ1v) is 5.97. The Morgan fingerprint density at radius 2 is 1.26 bits per heavy atom. The summed E-state index contributed by atoms with van der Waals surface area (Å²) in [6, 6.07) is 0. The van der Waals surface area contributed by atoms with Gasteiger partial charge in [-0.15, -0.1) is 0 Å². The molecule has 0 N–H and O–H groups in total. The smallest absolute Gasteiger partial charge is 0.280 e. The van der Waals surface area contributed by atoms with Gasteiger partial charge in [-0.05, 0) is 13.8 Å². The Morgan fingerprint density at radius 3 is 1.63 bits per heavy atom. The summed E-state index contributed by atoms with van der Waals surface area (Å²) in [5.74, 6) is 0. The van der Waals surface area contributed by atoms with Gasteiger partial charge in [-0.1, -0.05) is 12.2 Å². The van der Waals surface area contributed by atoms with E-state index in [1.165, 1.54) is 18.3 Å². The zero-order valence-electron chi connectivity index (χ0n) is 10.9. The highest BCUT2D eigenvalue weighted by atomic mass is 16.2. The van der Waals surface area contributed by atoms with Gasteiger partial charge >= 0.3 is 11.4 Å². The van der Waals surface area contributed by atoms with Gasteiger partial charge in [0.05, 0.1) is 0 Å². The van der Waals surface area contributed by atoms with Gasteiger partial charge in [-0.25, -0.2) is 9.59 Å². The van der Waals surface area contributed by atoms with Crippen LogP contribution >= 0.6 is 0 Å². The fourth-order valence-electron chi connectivity index (χ4n) is 1.78. The molecule has 0 saturated carbocycles. The molecule has 0 saturated heterocycles. The van der Waals surface area contributed by atoms with Crippen molar-refractivity contribution in [3.63, 3.8) is 0 Å². The summed E-state index contributed by atoms with van der Waals surface area (Å²) in [5, 5.41) is 0. The van der Waals surface area contributed by atoms with E-state index in [1.807, 2.05) is 13.8 Å². The van der Waals surface area contributed by atoms with Crippen molar-refractivity contribution in [2.45, 2.75) is 20.5 Å². The highest BCUT2D eigenvalue weighted by molar-refractivity contribution is 5.21. The lowest BCUT2D eigenvalue weighted by Gasteiger charge is -2.01. The second-order valence-electron chi connectivity index (χ2n) is 4.02. The normalized spacial score (nSPS) is 11.9. The molecule has 100 valence electrons. The van der Waals surface area contributed by atoms with Gasteiger partial charge in [-0.2, -0.15) is 0 Å². The van der Waals surface area contributed by atoms with Crippen LogP contribution in [-0.2, 0) is 6.67 Å². The lowest BCUT2D eigenvalue weighted by molar-refractivity contribution is 0.568. The van der Waals surface area contributed by atoms with Crippen molar-refractivity contribution in [1.29, 1.82) is 0 Å². The number of rotatable bonds is 4. The molecule has 0 aromatic carbocycles. The molecule has 2 heterocycles. The molecule has 0 fully saturated rings. The van der Waals surface area contributed by atoms with E-state index in [9.17, 15) is 9.59 Å². The Hall–Kier alpha value is -2.50. The van der Waals surface area contributed by atoms with Crippen molar-refractivity contribution in [3.05, 3.63) is 57.9 Å². The molecule has 2 aromatic heterocycles. The Bertz CT molecular complexity index is 662. The monoisotopic (exact) mass is 260 g/mol. The molecule has 2 rings (SSSR count). The van der Waals surface area contributed by atoms with Crippen LogP contribution in [0, 0.1) is 0 Å². The van der Waals surface area contributed by atoms with Gasteiger partial charge in [0.25, 0.3) is 0 Å². The maximum Gasteiger partial charge on any atom is 0.333 e. The Kier molecular flexibility index (Phi) is 3.70. The van der Waals surface area contributed by atoms with Gasteiger partial charge in [0.15, 0.2) is 0 Å². The average Bonchev–Trinajstić information content (AvgIpc) is 2.90. The minimum Gasteiger partial charge on any atom is -0.280 e. The van der Waals surface area contributed by atoms with Crippen LogP contribution in [0.4, 0.5) is 0 Å². The average molecular weight is 260 g/mol. The Balaban J connectivity index is 2.32. The molecule has 6 nitrogen and oxygen atoms in total. The summed E-state index contributed by atoms with van der Waals surface area (Å²) in [6.45, 7) is 3.88. The predicted octanol–water partition coefficient (Wildman–Crippen LogP) is 1.10. The van der Waals surface area contributed by atoms with Crippen molar-refractivity contribution >= 4 is 12.4 Å². The molecule has 0 bridgehead atoms. The molecule has 2 aromatic rings. The Labute approximate surface area is 110 Å². The van der Waals surface area contributed by atoms with E-state index < -0.39 is 0 Å². The predicted molar refractivity (Wildman–Crippen MR) is 74.8 cm³/mol. The van der Waals surface area contributed by atoms with Crippen LogP contribution in [0.5, 0.6) is 0 Å². The maximum atomic E-state index is 11.9. The summed E-state index contributed by atoms with van der Waals surface area (Å²) < 4.78 is 5.88. The van der Waals surface area contributed by atoms with Gasteiger partial charge in [0.2, 0.25) is 0 Å². The summed E-state index contributed by atoms with van der Waals surface area (Å²) in [5.41, 5.74) is -0.354. The van der Waals surface area contributed by atoms with E-state index in [1.54, 1.807) is 49.3 Å². The molecule has 19 heavy (non-hydrogen) atoms. The molecular formula is C13H16N4O2. The molecule has 0 aliphatic heterocycles. The largest absolute Gasteiger partial charge is 0.333 e. The van der Waals surface area contributed by atoms with E-state index in [0.717, 1.165) is 0 Å². The van der Waals surface area contributed by atoms with Crippen LogP contribution in [0.1, 0.15) is 13.8 Å². The van der Waals surface area contributed by atoms with Crippen LogP contribution in [-0.4, -0.2) is 18.3 Å².